The average molecular weight is 410 g/mol. The van der Waals surface area contributed by atoms with Gasteiger partial charge < -0.3 is 24.1 Å². The van der Waals surface area contributed by atoms with Crippen molar-refractivity contribution in [3.8, 4) is 0 Å². The summed E-state index contributed by atoms with van der Waals surface area (Å²) in [5, 5.41) is 11.2. The zero-order valence-corrected chi connectivity index (χ0v) is 17.6. The molecular weight excluding hydrogens is 380 g/mol. The molecule has 6 unspecified atom stereocenters. The highest BCUT2D eigenvalue weighted by Gasteiger charge is 2.61. The molecule has 3 saturated heterocycles. The van der Waals surface area contributed by atoms with Crippen molar-refractivity contribution in [1.29, 1.82) is 0 Å². The molecule has 0 saturated carbocycles. The van der Waals surface area contributed by atoms with E-state index in [2.05, 4.69) is 6.58 Å². The van der Waals surface area contributed by atoms with E-state index in [0.29, 0.717) is 6.42 Å². The summed E-state index contributed by atoms with van der Waals surface area (Å²) in [6, 6.07) is 0. The molecule has 8 nitrogen and oxygen atoms in total. The van der Waals surface area contributed by atoms with Gasteiger partial charge in [-0.05, 0) is 13.3 Å². The van der Waals surface area contributed by atoms with Crippen LogP contribution in [0.25, 0.3) is 0 Å². The maximum atomic E-state index is 12.4. The highest BCUT2D eigenvalue weighted by atomic mass is 16.7. The summed E-state index contributed by atoms with van der Waals surface area (Å²) >= 11 is 0. The highest BCUT2D eigenvalue weighted by molar-refractivity contribution is 5.91. The Morgan fingerprint density at radius 1 is 1.28 bits per heavy atom. The van der Waals surface area contributed by atoms with Crippen molar-refractivity contribution in [2.24, 2.45) is 17.8 Å². The minimum atomic E-state index is -1.56. The van der Waals surface area contributed by atoms with E-state index in [0.717, 1.165) is 0 Å². The number of aliphatic hydroxyl groups is 1. The molecule has 7 atom stereocenters. The van der Waals surface area contributed by atoms with Crippen LogP contribution < -0.4 is 0 Å². The van der Waals surface area contributed by atoms with E-state index in [9.17, 15) is 19.5 Å². The minimum Gasteiger partial charge on any atom is -0.461 e. The first-order valence-electron chi connectivity index (χ1n) is 10.1. The van der Waals surface area contributed by atoms with Gasteiger partial charge in [0.25, 0.3) is 0 Å². The van der Waals surface area contributed by atoms with Crippen LogP contribution >= 0.6 is 0 Å². The third kappa shape index (κ3) is 3.92. The van der Waals surface area contributed by atoms with E-state index in [-0.39, 0.29) is 24.3 Å². The lowest BCUT2D eigenvalue weighted by Gasteiger charge is -2.35. The Kier molecular flexibility index (Phi) is 5.55. The molecule has 29 heavy (non-hydrogen) atoms. The Bertz CT molecular complexity index is 730. The summed E-state index contributed by atoms with van der Waals surface area (Å²) in [4.78, 5) is 36.3. The summed E-state index contributed by atoms with van der Waals surface area (Å²) in [6.07, 6.45) is -1.58. The van der Waals surface area contributed by atoms with E-state index in [1.165, 1.54) is 6.92 Å². The third-order valence-corrected chi connectivity index (χ3v) is 6.30. The van der Waals surface area contributed by atoms with Gasteiger partial charge in [0.15, 0.2) is 5.79 Å². The minimum absolute atomic E-state index is 0.0847. The molecule has 3 aliphatic heterocycles. The molecular formula is C21H30O8. The first kappa shape index (κ1) is 21.8. The van der Waals surface area contributed by atoms with E-state index in [4.69, 9.17) is 18.9 Å². The first-order chi connectivity index (χ1) is 13.4. The molecule has 0 spiro atoms. The summed E-state index contributed by atoms with van der Waals surface area (Å²) < 4.78 is 22.9. The number of esters is 3. The van der Waals surface area contributed by atoms with Crippen LogP contribution in [0.15, 0.2) is 12.2 Å². The van der Waals surface area contributed by atoms with Gasteiger partial charge in [-0.3, -0.25) is 9.59 Å². The molecule has 162 valence electrons. The molecule has 2 bridgehead atoms. The van der Waals surface area contributed by atoms with Gasteiger partial charge >= 0.3 is 17.9 Å². The number of rotatable bonds is 3. The second-order valence-electron chi connectivity index (χ2n) is 9.03. The molecule has 0 radical (unpaired) electrons. The molecule has 8 heteroatoms. The third-order valence-electron chi connectivity index (χ3n) is 6.30. The SMILES string of the molecule is C=C1C(=O)OC2CC(C)[C@]3(O)CC(OC(C)=O)C(C)(CC(OC(=O)C(C)C)C12)O3. The van der Waals surface area contributed by atoms with E-state index < -0.39 is 59.4 Å². The normalized spacial score (nSPS) is 41.8. The molecule has 1 N–H and O–H groups in total. The summed E-state index contributed by atoms with van der Waals surface area (Å²) in [7, 11) is 0. The van der Waals surface area contributed by atoms with Crippen LogP contribution in [0.1, 0.15) is 53.9 Å². The Labute approximate surface area is 170 Å². The summed E-state index contributed by atoms with van der Waals surface area (Å²) in [5.41, 5.74) is -0.876. The van der Waals surface area contributed by atoms with E-state index in [1.54, 1.807) is 27.7 Å². The molecule has 3 aliphatic rings. The Balaban J connectivity index is 2.03. The van der Waals surface area contributed by atoms with Crippen LogP contribution in [-0.2, 0) is 33.3 Å². The number of carbonyl (C=O) groups is 3. The fourth-order valence-corrected chi connectivity index (χ4v) is 4.60. The van der Waals surface area contributed by atoms with Gasteiger partial charge in [0.05, 0.1) is 11.8 Å². The van der Waals surface area contributed by atoms with Crippen LogP contribution in [-0.4, -0.2) is 52.7 Å². The first-order valence-corrected chi connectivity index (χ1v) is 10.1. The summed E-state index contributed by atoms with van der Waals surface area (Å²) in [6.45, 7) is 12.1. The Morgan fingerprint density at radius 3 is 2.52 bits per heavy atom. The van der Waals surface area contributed by atoms with Gasteiger partial charge in [0.2, 0.25) is 0 Å². The fraction of sp³-hybridized carbons (Fsp3) is 0.762. The Morgan fingerprint density at radius 2 is 1.93 bits per heavy atom. The number of fused-ring (bicyclic) bond motifs is 3. The van der Waals surface area contributed by atoms with Gasteiger partial charge in [-0.2, -0.15) is 0 Å². The number of hydrogen-bond donors (Lipinski definition) is 1. The molecule has 0 aliphatic carbocycles. The van der Waals surface area contributed by atoms with Crippen LogP contribution in [0, 0.1) is 17.8 Å². The monoisotopic (exact) mass is 410 g/mol. The topological polar surface area (TPSA) is 108 Å². The molecule has 0 amide bonds. The fourth-order valence-electron chi connectivity index (χ4n) is 4.60. The number of ether oxygens (including phenoxy) is 4. The predicted octanol–water partition coefficient (Wildman–Crippen LogP) is 1.88. The second kappa shape index (κ2) is 7.40. The zero-order chi connectivity index (χ0) is 21.7. The van der Waals surface area contributed by atoms with Gasteiger partial charge in [-0.25, -0.2) is 4.79 Å². The standard InChI is InChI=1S/C21H30O8/c1-10(2)18(23)28-15-8-20(6)16(26-13(5)22)9-21(25,29-20)11(3)7-14-17(15)12(4)19(24)27-14/h10-11,14-17,25H,4,7-9H2,1-3,5-6H3/t11?,14?,15?,16?,17?,20?,21-/m0/s1. The highest BCUT2D eigenvalue weighted by Crippen LogP contribution is 2.50. The van der Waals surface area contributed by atoms with Crippen molar-refractivity contribution in [3.05, 3.63) is 12.2 Å². The average Bonchev–Trinajstić information content (AvgIpc) is 3.00. The van der Waals surface area contributed by atoms with Crippen LogP contribution in [0.2, 0.25) is 0 Å². The van der Waals surface area contributed by atoms with Gasteiger partial charge in [0.1, 0.15) is 23.9 Å². The lowest BCUT2D eigenvalue weighted by atomic mass is 9.77. The largest absolute Gasteiger partial charge is 0.461 e. The summed E-state index contributed by atoms with van der Waals surface area (Å²) in [5.74, 6) is -4.36. The lowest BCUT2D eigenvalue weighted by Crippen LogP contribution is -2.46. The molecule has 3 heterocycles. The van der Waals surface area contributed by atoms with Crippen LogP contribution in [0.3, 0.4) is 0 Å². The molecule has 0 aromatic rings. The van der Waals surface area contributed by atoms with Crippen LogP contribution in [0.5, 0.6) is 0 Å². The van der Waals surface area contributed by atoms with Crippen molar-refractivity contribution in [2.45, 2.75) is 83.6 Å². The van der Waals surface area contributed by atoms with Gasteiger partial charge in [-0.15, -0.1) is 0 Å². The van der Waals surface area contributed by atoms with Crippen molar-refractivity contribution in [1.82, 2.24) is 0 Å². The molecule has 0 aromatic carbocycles. The maximum absolute atomic E-state index is 12.4. The zero-order valence-electron chi connectivity index (χ0n) is 17.6. The van der Waals surface area contributed by atoms with Gasteiger partial charge in [-0.1, -0.05) is 27.4 Å². The van der Waals surface area contributed by atoms with E-state index >= 15 is 0 Å². The maximum Gasteiger partial charge on any atom is 0.334 e. The molecule has 3 fully saturated rings. The van der Waals surface area contributed by atoms with Crippen molar-refractivity contribution < 1.29 is 38.4 Å². The van der Waals surface area contributed by atoms with Gasteiger partial charge in [0, 0.05) is 31.3 Å². The quantitative estimate of drug-likeness (QED) is 0.427. The molecule has 0 aromatic heterocycles. The number of carbonyl (C=O) groups excluding carboxylic acids is 3. The van der Waals surface area contributed by atoms with E-state index in [1.807, 2.05) is 0 Å². The van der Waals surface area contributed by atoms with Crippen LogP contribution in [0.4, 0.5) is 0 Å². The van der Waals surface area contributed by atoms with Crippen molar-refractivity contribution >= 4 is 17.9 Å². The Hall–Kier alpha value is -1.93. The smallest absolute Gasteiger partial charge is 0.334 e. The lowest BCUT2D eigenvalue weighted by molar-refractivity contribution is -0.253. The van der Waals surface area contributed by atoms with Crippen molar-refractivity contribution in [3.63, 3.8) is 0 Å². The number of hydrogen-bond acceptors (Lipinski definition) is 8. The van der Waals surface area contributed by atoms with Crippen molar-refractivity contribution in [2.75, 3.05) is 0 Å². The second-order valence-corrected chi connectivity index (χ2v) is 9.03. The predicted molar refractivity (Wildman–Crippen MR) is 100 cm³/mol. The molecule has 3 rings (SSSR count).